The first-order chi connectivity index (χ1) is 9.93. The topological polar surface area (TPSA) is 55.6 Å². The van der Waals surface area contributed by atoms with Gasteiger partial charge in [0.15, 0.2) is 0 Å². The largest absolute Gasteiger partial charge is 0.497 e. The van der Waals surface area contributed by atoms with Gasteiger partial charge in [0.1, 0.15) is 5.75 Å². The number of nitrogens with zero attached hydrogens (tertiary/aromatic N) is 1. The number of ether oxygens (including phenoxy) is 1. The van der Waals surface area contributed by atoms with Crippen molar-refractivity contribution in [1.82, 2.24) is 0 Å². The van der Waals surface area contributed by atoms with Crippen LogP contribution in [0.5, 0.6) is 5.75 Å². The maximum Gasteiger partial charge on any atom is 0.258 e. The molecule has 0 saturated heterocycles. The molecule has 0 radical (unpaired) electrons. The van der Waals surface area contributed by atoms with E-state index in [2.05, 4.69) is 0 Å². The second-order valence-corrected chi connectivity index (χ2v) is 5.21. The minimum atomic E-state index is -0.242. The van der Waals surface area contributed by atoms with Gasteiger partial charge in [-0.05, 0) is 24.3 Å². The summed E-state index contributed by atoms with van der Waals surface area (Å²) in [7, 11) is 3.23. The fourth-order valence-corrected chi connectivity index (χ4v) is 2.20. The molecule has 0 spiro atoms. The Labute approximate surface area is 133 Å². The van der Waals surface area contributed by atoms with E-state index in [-0.39, 0.29) is 21.6 Å². The van der Waals surface area contributed by atoms with Crippen molar-refractivity contribution in [2.24, 2.45) is 0 Å². The quantitative estimate of drug-likeness (QED) is 0.872. The van der Waals surface area contributed by atoms with E-state index in [1.54, 1.807) is 38.4 Å². The molecule has 0 bridgehead atoms. The number of methoxy groups -OCH3 is 1. The predicted molar refractivity (Wildman–Crippen MR) is 86.6 cm³/mol. The first-order valence-corrected chi connectivity index (χ1v) is 6.86. The second kappa shape index (κ2) is 6.24. The van der Waals surface area contributed by atoms with Crippen LogP contribution in [0.4, 0.5) is 11.4 Å². The average Bonchev–Trinajstić information content (AvgIpc) is 2.50. The standard InChI is InChI=1S/C15H14Cl2N2O2/c1-19(10-4-3-5-11(8-10)21-2)15(20)9-6-12(16)14(17)13(18)7-9/h3-8H,18H2,1-2H3. The summed E-state index contributed by atoms with van der Waals surface area (Å²) in [5.74, 6) is 0.425. The summed E-state index contributed by atoms with van der Waals surface area (Å²) in [5.41, 5.74) is 7.07. The molecule has 0 fully saturated rings. The van der Waals surface area contributed by atoms with Gasteiger partial charge in [-0.3, -0.25) is 4.79 Å². The van der Waals surface area contributed by atoms with Crippen LogP contribution < -0.4 is 15.4 Å². The van der Waals surface area contributed by atoms with Crippen molar-refractivity contribution >= 4 is 40.5 Å². The third-order valence-corrected chi connectivity index (χ3v) is 3.87. The van der Waals surface area contributed by atoms with Gasteiger partial charge >= 0.3 is 0 Å². The fourth-order valence-electron chi connectivity index (χ4n) is 1.86. The lowest BCUT2D eigenvalue weighted by atomic mass is 10.1. The molecule has 0 aliphatic rings. The van der Waals surface area contributed by atoms with Crippen LogP contribution in [-0.2, 0) is 0 Å². The van der Waals surface area contributed by atoms with E-state index in [4.69, 9.17) is 33.7 Å². The number of benzene rings is 2. The molecular weight excluding hydrogens is 311 g/mol. The lowest BCUT2D eigenvalue weighted by Gasteiger charge is -2.18. The SMILES string of the molecule is COc1cccc(N(C)C(=O)c2cc(N)c(Cl)c(Cl)c2)c1. The fraction of sp³-hybridized carbons (Fsp3) is 0.133. The van der Waals surface area contributed by atoms with Gasteiger partial charge in [0.05, 0.1) is 22.8 Å². The Balaban J connectivity index is 2.34. The highest BCUT2D eigenvalue weighted by atomic mass is 35.5. The molecule has 0 saturated carbocycles. The molecule has 2 aromatic carbocycles. The Bertz CT molecular complexity index is 666. The van der Waals surface area contributed by atoms with Gasteiger partial charge in [0.25, 0.3) is 5.91 Å². The Morgan fingerprint density at radius 2 is 1.95 bits per heavy atom. The van der Waals surface area contributed by atoms with E-state index < -0.39 is 0 Å². The molecule has 21 heavy (non-hydrogen) atoms. The number of carbonyl (C=O) groups is 1. The van der Waals surface area contributed by atoms with Crippen LogP contribution in [0.25, 0.3) is 0 Å². The van der Waals surface area contributed by atoms with Gasteiger partial charge in [0.2, 0.25) is 0 Å². The summed E-state index contributed by atoms with van der Waals surface area (Å²) >= 11 is 11.9. The lowest BCUT2D eigenvalue weighted by molar-refractivity contribution is 0.0993. The molecule has 0 aliphatic carbocycles. The monoisotopic (exact) mass is 324 g/mol. The van der Waals surface area contributed by atoms with Crippen LogP contribution in [0.3, 0.4) is 0 Å². The molecule has 4 nitrogen and oxygen atoms in total. The highest BCUT2D eigenvalue weighted by molar-refractivity contribution is 6.44. The van der Waals surface area contributed by atoms with Crippen molar-refractivity contribution < 1.29 is 9.53 Å². The van der Waals surface area contributed by atoms with Gasteiger partial charge in [-0.1, -0.05) is 29.3 Å². The number of rotatable bonds is 3. The molecule has 110 valence electrons. The van der Waals surface area contributed by atoms with E-state index in [0.717, 1.165) is 0 Å². The van der Waals surface area contributed by atoms with E-state index >= 15 is 0 Å². The Kier molecular flexibility index (Phi) is 4.60. The minimum Gasteiger partial charge on any atom is -0.497 e. The molecule has 2 rings (SSSR count). The summed E-state index contributed by atoms with van der Waals surface area (Å²) < 4.78 is 5.15. The average molecular weight is 325 g/mol. The molecule has 0 heterocycles. The molecule has 2 aromatic rings. The van der Waals surface area contributed by atoms with Crippen molar-refractivity contribution in [3.63, 3.8) is 0 Å². The van der Waals surface area contributed by atoms with Crippen LogP contribution in [0.2, 0.25) is 10.0 Å². The van der Waals surface area contributed by atoms with Gasteiger partial charge in [-0.2, -0.15) is 0 Å². The number of halogens is 2. The van der Waals surface area contributed by atoms with Crippen molar-refractivity contribution in [3.8, 4) is 5.75 Å². The van der Waals surface area contributed by atoms with Crippen molar-refractivity contribution in [3.05, 3.63) is 52.0 Å². The predicted octanol–water partition coefficient (Wildman–Crippen LogP) is 3.86. The maximum atomic E-state index is 12.5. The third-order valence-electron chi connectivity index (χ3n) is 3.05. The van der Waals surface area contributed by atoms with Gasteiger partial charge in [0, 0.05) is 24.4 Å². The number of hydrogen-bond donors (Lipinski definition) is 1. The molecule has 0 unspecified atom stereocenters. The number of nitrogen functional groups attached to an aromatic ring is 1. The number of amides is 1. The van der Waals surface area contributed by atoms with E-state index in [1.807, 2.05) is 0 Å². The van der Waals surface area contributed by atoms with Crippen LogP contribution >= 0.6 is 23.2 Å². The zero-order chi connectivity index (χ0) is 15.6. The molecule has 0 aliphatic heterocycles. The number of nitrogens with two attached hydrogens (primary N) is 1. The van der Waals surface area contributed by atoms with E-state index in [9.17, 15) is 4.79 Å². The molecule has 2 N–H and O–H groups in total. The molecule has 0 aromatic heterocycles. The van der Waals surface area contributed by atoms with Gasteiger partial charge in [-0.25, -0.2) is 0 Å². The van der Waals surface area contributed by atoms with E-state index in [1.165, 1.54) is 17.0 Å². The zero-order valence-corrected chi connectivity index (χ0v) is 13.1. The molecule has 0 atom stereocenters. The highest BCUT2D eigenvalue weighted by Gasteiger charge is 2.16. The Morgan fingerprint density at radius 3 is 2.57 bits per heavy atom. The van der Waals surface area contributed by atoms with E-state index in [0.29, 0.717) is 17.0 Å². The molecular formula is C15H14Cl2N2O2. The Hall–Kier alpha value is -1.91. The number of carbonyl (C=O) groups excluding carboxylic acids is 1. The molecule has 6 heteroatoms. The summed E-state index contributed by atoms with van der Waals surface area (Å²) in [6, 6.07) is 10.2. The summed E-state index contributed by atoms with van der Waals surface area (Å²) in [6.07, 6.45) is 0. The zero-order valence-electron chi connectivity index (χ0n) is 11.6. The minimum absolute atomic E-state index is 0.242. The highest BCUT2D eigenvalue weighted by Crippen LogP contribution is 2.30. The van der Waals surface area contributed by atoms with Crippen LogP contribution in [0.1, 0.15) is 10.4 Å². The number of hydrogen-bond acceptors (Lipinski definition) is 3. The van der Waals surface area contributed by atoms with Crippen molar-refractivity contribution in [1.29, 1.82) is 0 Å². The second-order valence-electron chi connectivity index (χ2n) is 4.43. The summed E-state index contributed by atoms with van der Waals surface area (Å²) in [6.45, 7) is 0. The molecule has 1 amide bonds. The summed E-state index contributed by atoms with van der Waals surface area (Å²) in [5, 5.41) is 0.497. The van der Waals surface area contributed by atoms with Crippen LogP contribution in [0, 0.1) is 0 Å². The van der Waals surface area contributed by atoms with Crippen LogP contribution in [-0.4, -0.2) is 20.1 Å². The first-order valence-electron chi connectivity index (χ1n) is 6.10. The first kappa shape index (κ1) is 15.5. The van der Waals surface area contributed by atoms with Gasteiger partial charge < -0.3 is 15.4 Å². The third kappa shape index (κ3) is 3.23. The smallest absolute Gasteiger partial charge is 0.258 e. The Morgan fingerprint density at radius 1 is 1.24 bits per heavy atom. The van der Waals surface area contributed by atoms with Crippen molar-refractivity contribution in [2.45, 2.75) is 0 Å². The maximum absolute atomic E-state index is 12.5. The lowest BCUT2D eigenvalue weighted by Crippen LogP contribution is -2.26. The van der Waals surface area contributed by atoms with Gasteiger partial charge in [-0.15, -0.1) is 0 Å². The summed E-state index contributed by atoms with van der Waals surface area (Å²) in [4.78, 5) is 14.0. The normalized spacial score (nSPS) is 10.3. The van der Waals surface area contributed by atoms with Crippen LogP contribution in [0.15, 0.2) is 36.4 Å². The number of anilines is 2. The van der Waals surface area contributed by atoms with Crippen molar-refractivity contribution in [2.75, 3.05) is 24.8 Å².